The van der Waals surface area contributed by atoms with Crippen molar-refractivity contribution in [3.05, 3.63) is 57.0 Å². The highest BCUT2D eigenvalue weighted by Gasteiger charge is 2.18. The van der Waals surface area contributed by atoms with Crippen molar-refractivity contribution in [2.75, 3.05) is 14.2 Å². The number of methoxy groups -OCH3 is 2. The van der Waals surface area contributed by atoms with Crippen LogP contribution in [0.15, 0.2) is 40.9 Å². The Morgan fingerprint density at radius 1 is 1.14 bits per heavy atom. The minimum Gasteiger partial charge on any atom is -0.497 e. The van der Waals surface area contributed by atoms with Gasteiger partial charge in [-0.25, -0.2) is 5.43 Å². The lowest BCUT2D eigenvalue weighted by atomic mass is 9.99. The molecule has 0 bridgehead atoms. The van der Waals surface area contributed by atoms with Crippen LogP contribution in [0.2, 0.25) is 5.02 Å². The molecule has 2 aromatic rings. The van der Waals surface area contributed by atoms with E-state index < -0.39 is 0 Å². The van der Waals surface area contributed by atoms with Crippen molar-refractivity contribution >= 4 is 27.5 Å². The SMILES string of the molecule is COc1ccc(Br)c(C(NN)c2ccc(Cl)c(OC)c2)c1. The molecule has 0 heterocycles. The van der Waals surface area contributed by atoms with Gasteiger partial charge in [-0.2, -0.15) is 0 Å². The fourth-order valence-electron chi connectivity index (χ4n) is 2.09. The predicted molar refractivity (Wildman–Crippen MR) is 87.9 cm³/mol. The average molecular weight is 372 g/mol. The van der Waals surface area contributed by atoms with Gasteiger partial charge >= 0.3 is 0 Å². The molecule has 6 heteroatoms. The van der Waals surface area contributed by atoms with Crippen LogP contribution in [0.1, 0.15) is 17.2 Å². The number of rotatable bonds is 5. The molecule has 1 unspecified atom stereocenters. The number of ether oxygens (including phenoxy) is 2. The molecule has 0 aliphatic rings. The second-order valence-electron chi connectivity index (χ2n) is 4.38. The first kappa shape index (κ1) is 16.1. The molecule has 0 saturated carbocycles. The second-order valence-corrected chi connectivity index (χ2v) is 5.64. The molecule has 112 valence electrons. The van der Waals surface area contributed by atoms with Crippen LogP contribution in [0.3, 0.4) is 0 Å². The number of hydrogen-bond acceptors (Lipinski definition) is 4. The Hall–Kier alpha value is -1.27. The zero-order chi connectivity index (χ0) is 15.4. The summed E-state index contributed by atoms with van der Waals surface area (Å²) in [7, 11) is 3.21. The maximum Gasteiger partial charge on any atom is 0.137 e. The van der Waals surface area contributed by atoms with E-state index in [2.05, 4.69) is 21.4 Å². The third kappa shape index (κ3) is 3.49. The highest BCUT2D eigenvalue weighted by atomic mass is 79.9. The molecule has 0 spiro atoms. The summed E-state index contributed by atoms with van der Waals surface area (Å²) < 4.78 is 11.5. The molecule has 4 nitrogen and oxygen atoms in total. The number of halogens is 2. The van der Waals surface area contributed by atoms with Gasteiger partial charge < -0.3 is 9.47 Å². The van der Waals surface area contributed by atoms with Gasteiger partial charge in [-0.05, 0) is 41.5 Å². The van der Waals surface area contributed by atoms with Crippen LogP contribution in [-0.4, -0.2) is 14.2 Å². The lowest BCUT2D eigenvalue weighted by molar-refractivity contribution is 0.412. The van der Waals surface area contributed by atoms with E-state index in [-0.39, 0.29) is 6.04 Å². The maximum atomic E-state index is 6.06. The first-order valence-corrected chi connectivity index (χ1v) is 7.40. The standard InChI is InChI=1S/C15H16BrClN2O2/c1-20-10-4-5-12(16)11(8-10)15(19-18)9-3-6-13(17)14(7-9)21-2/h3-8,15,19H,18H2,1-2H3. The summed E-state index contributed by atoms with van der Waals surface area (Å²) >= 11 is 9.60. The molecular weight excluding hydrogens is 356 g/mol. The lowest BCUT2D eigenvalue weighted by Gasteiger charge is -2.20. The Labute approximate surface area is 137 Å². The lowest BCUT2D eigenvalue weighted by Crippen LogP contribution is -2.29. The summed E-state index contributed by atoms with van der Waals surface area (Å²) in [5.41, 5.74) is 4.71. The van der Waals surface area contributed by atoms with Gasteiger partial charge in [0, 0.05) is 4.47 Å². The van der Waals surface area contributed by atoms with Crippen LogP contribution in [-0.2, 0) is 0 Å². The van der Waals surface area contributed by atoms with Crippen LogP contribution >= 0.6 is 27.5 Å². The average Bonchev–Trinajstić information content (AvgIpc) is 2.51. The molecule has 0 saturated heterocycles. The molecule has 0 aromatic heterocycles. The van der Waals surface area contributed by atoms with Crippen molar-refractivity contribution < 1.29 is 9.47 Å². The summed E-state index contributed by atoms with van der Waals surface area (Å²) in [6.07, 6.45) is 0. The van der Waals surface area contributed by atoms with Crippen molar-refractivity contribution in [3.63, 3.8) is 0 Å². The normalized spacial score (nSPS) is 12.0. The van der Waals surface area contributed by atoms with Crippen molar-refractivity contribution in [1.82, 2.24) is 5.43 Å². The van der Waals surface area contributed by atoms with E-state index in [1.165, 1.54) is 0 Å². The molecule has 0 radical (unpaired) electrons. The van der Waals surface area contributed by atoms with Gasteiger partial charge in [0.1, 0.15) is 11.5 Å². The van der Waals surface area contributed by atoms with Crippen LogP contribution in [0, 0.1) is 0 Å². The highest BCUT2D eigenvalue weighted by molar-refractivity contribution is 9.10. The van der Waals surface area contributed by atoms with Crippen LogP contribution in [0.25, 0.3) is 0 Å². The summed E-state index contributed by atoms with van der Waals surface area (Å²) in [5.74, 6) is 7.11. The number of nitrogens with two attached hydrogens (primary N) is 1. The molecule has 21 heavy (non-hydrogen) atoms. The van der Waals surface area contributed by atoms with E-state index in [1.54, 1.807) is 20.3 Å². The molecule has 2 rings (SSSR count). The summed E-state index contributed by atoms with van der Waals surface area (Å²) in [5, 5.41) is 0.557. The van der Waals surface area contributed by atoms with E-state index in [9.17, 15) is 0 Å². The van der Waals surface area contributed by atoms with E-state index in [4.69, 9.17) is 26.9 Å². The van der Waals surface area contributed by atoms with E-state index in [0.29, 0.717) is 10.8 Å². The highest BCUT2D eigenvalue weighted by Crippen LogP contribution is 2.34. The molecule has 0 aliphatic carbocycles. The topological polar surface area (TPSA) is 56.5 Å². The van der Waals surface area contributed by atoms with E-state index >= 15 is 0 Å². The zero-order valence-electron chi connectivity index (χ0n) is 11.7. The minimum atomic E-state index is -0.222. The third-order valence-corrected chi connectivity index (χ3v) is 4.22. The Morgan fingerprint density at radius 3 is 2.52 bits per heavy atom. The van der Waals surface area contributed by atoms with Crippen molar-refractivity contribution in [2.24, 2.45) is 5.84 Å². The largest absolute Gasteiger partial charge is 0.497 e. The minimum absolute atomic E-state index is 0.222. The molecule has 0 aliphatic heterocycles. The summed E-state index contributed by atoms with van der Waals surface area (Å²) in [6, 6.07) is 11.1. The third-order valence-electron chi connectivity index (χ3n) is 3.19. The molecule has 0 fully saturated rings. The first-order valence-electron chi connectivity index (χ1n) is 6.23. The number of hydrogen-bond donors (Lipinski definition) is 2. The van der Waals surface area contributed by atoms with Gasteiger partial charge in [0.25, 0.3) is 0 Å². The van der Waals surface area contributed by atoms with Gasteiger partial charge in [-0.15, -0.1) is 0 Å². The van der Waals surface area contributed by atoms with Crippen LogP contribution in [0.5, 0.6) is 11.5 Å². The van der Waals surface area contributed by atoms with Crippen molar-refractivity contribution in [3.8, 4) is 11.5 Å². The molecule has 1 atom stereocenters. The summed E-state index contributed by atoms with van der Waals surface area (Å²) in [6.45, 7) is 0. The van der Waals surface area contributed by atoms with Gasteiger partial charge in [0.05, 0.1) is 25.3 Å². The molecular formula is C15H16BrClN2O2. The maximum absolute atomic E-state index is 6.06. The predicted octanol–water partition coefficient (Wildman–Crippen LogP) is 3.67. The Bertz CT molecular complexity index is 637. The van der Waals surface area contributed by atoms with Gasteiger partial charge in [0.2, 0.25) is 0 Å². The molecule has 2 aromatic carbocycles. The van der Waals surface area contributed by atoms with Gasteiger partial charge in [-0.3, -0.25) is 5.84 Å². The molecule has 3 N–H and O–H groups in total. The molecule has 0 amide bonds. The van der Waals surface area contributed by atoms with Gasteiger partial charge in [-0.1, -0.05) is 33.6 Å². The monoisotopic (exact) mass is 370 g/mol. The van der Waals surface area contributed by atoms with Gasteiger partial charge in [0.15, 0.2) is 0 Å². The Kier molecular flexibility index (Phi) is 5.47. The smallest absolute Gasteiger partial charge is 0.137 e. The number of benzene rings is 2. The Morgan fingerprint density at radius 2 is 1.90 bits per heavy atom. The van der Waals surface area contributed by atoms with Crippen molar-refractivity contribution in [1.29, 1.82) is 0 Å². The quantitative estimate of drug-likeness (QED) is 0.622. The van der Waals surface area contributed by atoms with Crippen LogP contribution < -0.4 is 20.7 Å². The van der Waals surface area contributed by atoms with E-state index in [1.807, 2.05) is 30.3 Å². The number of hydrazine groups is 1. The summed E-state index contributed by atoms with van der Waals surface area (Å²) in [4.78, 5) is 0. The van der Waals surface area contributed by atoms with E-state index in [0.717, 1.165) is 21.3 Å². The second kappa shape index (κ2) is 7.13. The Balaban J connectivity index is 2.49. The fraction of sp³-hybridized carbons (Fsp3) is 0.200. The zero-order valence-corrected chi connectivity index (χ0v) is 14.0. The number of nitrogens with one attached hydrogen (secondary N) is 1. The fourth-order valence-corrected chi connectivity index (χ4v) is 2.76. The first-order chi connectivity index (χ1) is 10.1. The van der Waals surface area contributed by atoms with Crippen LogP contribution in [0.4, 0.5) is 0 Å². The van der Waals surface area contributed by atoms with Crippen molar-refractivity contribution in [2.45, 2.75) is 6.04 Å².